The van der Waals surface area contributed by atoms with Crippen LogP contribution in [0.5, 0.6) is 0 Å². The minimum absolute atomic E-state index is 0.0464. The maximum absolute atomic E-state index is 7.25. The van der Waals surface area contributed by atoms with Gasteiger partial charge in [0.2, 0.25) is 0 Å². The summed E-state index contributed by atoms with van der Waals surface area (Å²) in [6, 6.07) is 21.9. The topological polar surface area (TPSA) is 21.3 Å². The lowest BCUT2D eigenvalue weighted by atomic mass is 9.91. The van der Waals surface area contributed by atoms with E-state index in [4.69, 9.17) is 4.43 Å². The number of hydrogen-bond donors (Lipinski definition) is 1. The van der Waals surface area contributed by atoms with Gasteiger partial charge in [0.15, 0.2) is 0 Å². The Hall–Kier alpha value is -1.42. The Bertz CT molecular complexity index is 666. The third kappa shape index (κ3) is 3.80. The van der Waals surface area contributed by atoms with Crippen molar-refractivity contribution < 1.29 is 4.43 Å². The van der Waals surface area contributed by atoms with Gasteiger partial charge in [-0.05, 0) is 48.6 Å². The minimum Gasteiger partial charge on any atom is -0.404 e. The molecule has 2 aromatic carbocycles. The van der Waals surface area contributed by atoms with E-state index in [9.17, 15) is 0 Å². The van der Waals surface area contributed by atoms with Crippen LogP contribution in [0.2, 0.25) is 5.04 Å². The summed E-state index contributed by atoms with van der Waals surface area (Å²) in [5, 5.41) is 6.41. The van der Waals surface area contributed by atoms with E-state index in [1.54, 1.807) is 0 Å². The van der Waals surface area contributed by atoms with Crippen molar-refractivity contribution >= 4 is 18.7 Å². The first-order valence-electron chi connectivity index (χ1n) is 9.78. The van der Waals surface area contributed by atoms with E-state index in [2.05, 4.69) is 101 Å². The van der Waals surface area contributed by atoms with Crippen LogP contribution in [-0.2, 0) is 4.43 Å². The number of benzene rings is 2. The molecule has 0 amide bonds. The molecular formula is C23H33NOSi. The molecule has 1 aliphatic heterocycles. The molecule has 26 heavy (non-hydrogen) atoms. The zero-order chi connectivity index (χ0) is 18.8. The predicted molar refractivity (Wildman–Crippen MR) is 114 cm³/mol. The van der Waals surface area contributed by atoms with Gasteiger partial charge in [-0.2, -0.15) is 0 Å². The van der Waals surface area contributed by atoms with Gasteiger partial charge in [0.1, 0.15) is 0 Å². The Morgan fingerprint density at radius 2 is 1.42 bits per heavy atom. The first kappa shape index (κ1) is 19.3. The van der Waals surface area contributed by atoms with E-state index in [1.807, 2.05) is 0 Å². The summed E-state index contributed by atoms with van der Waals surface area (Å²) in [4.78, 5) is 0. The highest BCUT2D eigenvalue weighted by Crippen LogP contribution is 2.39. The SMILES string of the molecule is CC1(C)CC(O[Si](c2ccccc2)(c2ccccc2)C(C)(C)C)CCN1. The van der Waals surface area contributed by atoms with E-state index >= 15 is 0 Å². The quantitative estimate of drug-likeness (QED) is 0.822. The van der Waals surface area contributed by atoms with Crippen molar-refractivity contribution in [2.45, 2.75) is 64.1 Å². The van der Waals surface area contributed by atoms with Crippen molar-refractivity contribution in [1.29, 1.82) is 0 Å². The third-order valence-electron chi connectivity index (χ3n) is 5.57. The molecule has 0 radical (unpaired) electrons. The van der Waals surface area contributed by atoms with Crippen LogP contribution in [0.25, 0.3) is 0 Å². The first-order chi connectivity index (χ1) is 12.2. The molecule has 3 rings (SSSR count). The molecule has 0 saturated carbocycles. The lowest BCUT2D eigenvalue weighted by Crippen LogP contribution is -2.68. The zero-order valence-corrected chi connectivity index (χ0v) is 17.9. The monoisotopic (exact) mass is 367 g/mol. The second-order valence-corrected chi connectivity index (χ2v) is 13.5. The summed E-state index contributed by atoms with van der Waals surface area (Å²) in [7, 11) is -2.43. The van der Waals surface area contributed by atoms with Crippen LogP contribution < -0.4 is 15.7 Å². The number of nitrogens with one attached hydrogen (secondary N) is 1. The average Bonchev–Trinajstić information content (AvgIpc) is 2.59. The Kier molecular flexibility index (Phi) is 5.43. The van der Waals surface area contributed by atoms with Crippen LogP contribution in [0.3, 0.4) is 0 Å². The highest BCUT2D eigenvalue weighted by molar-refractivity contribution is 6.99. The van der Waals surface area contributed by atoms with Crippen LogP contribution in [0.4, 0.5) is 0 Å². The van der Waals surface area contributed by atoms with E-state index in [0.717, 1.165) is 19.4 Å². The summed E-state index contributed by atoms with van der Waals surface area (Å²) in [5.74, 6) is 0. The Balaban J connectivity index is 2.12. The summed E-state index contributed by atoms with van der Waals surface area (Å²) < 4.78 is 7.25. The van der Waals surface area contributed by atoms with Crippen LogP contribution >= 0.6 is 0 Å². The van der Waals surface area contributed by atoms with E-state index in [1.165, 1.54) is 10.4 Å². The third-order valence-corrected chi connectivity index (χ3v) is 10.7. The van der Waals surface area contributed by atoms with Crippen molar-refractivity contribution in [3.63, 3.8) is 0 Å². The van der Waals surface area contributed by atoms with Crippen molar-refractivity contribution in [2.75, 3.05) is 6.54 Å². The fourth-order valence-corrected chi connectivity index (χ4v) is 9.07. The maximum atomic E-state index is 7.25. The van der Waals surface area contributed by atoms with Gasteiger partial charge in [-0.25, -0.2) is 0 Å². The second kappa shape index (κ2) is 7.30. The van der Waals surface area contributed by atoms with Gasteiger partial charge in [-0.1, -0.05) is 81.4 Å². The average molecular weight is 368 g/mol. The molecule has 1 fully saturated rings. The van der Waals surface area contributed by atoms with Gasteiger partial charge >= 0.3 is 0 Å². The van der Waals surface area contributed by atoms with Crippen molar-refractivity contribution in [1.82, 2.24) is 5.32 Å². The fraction of sp³-hybridized carbons (Fsp3) is 0.478. The van der Waals surface area contributed by atoms with Gasteiger partial charge in [-0.15, -0.1) is 0 Å². The molecule has 0 spiro atoms. The van der Waals surface area contributed by atoms with Crippen LogP contribution in [0.15, 0.2) is 60.7 Å². The van der Waals surface area contributed by atoms with Crippen LogP contribution in [-0.4, -0.2) is 26.5 Å². The van der Waals surface area contributed by atoms with Gasteiger partial charge in [0.25, 0.3) is 8.32 Å². The molecule has 1 atom stereocenters. The van der Waals surface area contributed by atoms with Gasteiger partial charge in [0.05, 0.1) is 0 Å². The second-order valence-electron chi connectivity index (χ2n) is 9.21. The Morgan fingerprint density at radius 1 is 0.923 bits per heavy atom. The van der Waals surface area contributed by atoms with Crippen LogP contribution in [0.1, 0.15) is 47.5 Å². The largest absolute Gasteiger partial charge is 0.404 e. The van der Waals surface area contributed by atoms with Gasteiger partial charge < -0.3 is 9.74 Å². The molecular weight excluding hydrogens is 334 g/mol. The van der Waals surface area contributed by atoms with Crippen molar-refractivity contribution in [3.05, 3.63) is 60.7 Å². The Morgan fingerprint density at radius 3 is 1.85 bits per heavy atom. The summed E-state index contributed by atoms with van der Waals surface area (Å²) in [5.41, 5.74) is 0.133. The molecule has 3 heteroatoms. The molecule has 0 bridgehead atoms. The molecule has 1 unspecified atom stereocenters. The Labute approximate surface area is 160 Å². The molecule has 0 aromatic heterocycles. The van der Waals surface area contributed by atoms with E-state index < -0.39 is 8.32 Å². The highest BCUT2D eigenvalue weighted by Gasteiger charge is 2.52. The summed E-state index contributed by atoms with van der Waals surface area (Å²) >= 11 is 0. The standard InChI is InChI=1S/C23H33NOSi/c1-22(2,3)26(20-12-8-6-9-13-20,21-14-10-7-11-15-21)25-19-16-17-24-23(4,5)18-19/h6-15,19,24H,16-18H2,1-5H3. The zero-order valence-electron chi connectivity index (χ0n) is 16.9. The lowest BCUT2D eigenvalue weighted by molar-refractivity contribution is 0.103. The number of hydrogen-bond acceptors (Lipinski definition) is 2. The predicted octanol–water partition coefficient (Wildman–Crippen LogP) is 4.09. The number of rotatable bonds is 4. The highest BCUT2D eigenvalue weighted by atomic mass is 28.4. The van der Waals surface area contributed by atoms with Crippen molar-refractivity contribution in [3.8, 4) is 0 Å². The van der Waals surface area contributed by atoms with Gasteiger partial charge in [-0.3, -0.25) is 0 Å². The maximum Gasteiger partial charge on any atom is 0.261 e. The normalized spacial score (nSPS) is 20.7. The van der Waals surface area contributed by atoms with E-state index in [-0.39, 0.29) is 16.7 Å². The van der Waals surface area contributed by atoms with Crippen molar-refractivity contribution in [2.24, 2.45) is 0 Å². The molecule has 1 aliphatic rings. The van der Waals surface area contributed by atoms with Crippen LogP contribution in [0, 0.1) is 0 Å². The fourth-order valence-electron chi connectivity index (χ4n) is 4.36. The minimum atomic E-state index is -2.43. The molecule has 1 N–H and O–H groups in total. The summed E-state index contributed by atoms with van der Waals surface area (Å²) in [6.45, 7) is 12.7. The van der Waals surface area contributed by atoms with E-state index in [0.29, 0.717) is 0 Å². The summed E-state index contributed by atoms with van der Waals surface area (Å²) in [6.07, 6.45) is 2.42. The molecule has 0 aliphatic carbocycles. The van der Waals surface area contributed by atoms with Gasteiger partial charge in [0, 0.05) is 11.6 Å². The molecule has 2 aromatic rings. The smallest absolute Gasteiger partial charge is 0.261 e. The lowest BCUT2D eigenvalue weighted by Gasteiger charge is -2.47. The first-order valence-corrected chi connectivity index (χ1v) is 11.7. The molecule has 2 nitrogen and oxygen atoms in total. The molecule has 1 heterocycles. The molecule has 1 saturated heterocycles. The number of piperidine rings is 1. The molecule has 140 valence electrons.